The van der Waals surface area contributed by atoms with E-state index in [0.717, 1.165) is 0 Å². The minimum Gasteiger partial charge on any atom is -0.295 e. The van der Waals surface area contributed by atoms with E-state index in [1.54, 1.807) is 6.08 Å². The van der Waals surface area contributed by atoms with Crippen LogP contribution in [0.4, 0.5) is 0 Å². The Morgan fingerprint density at radius 3 is 2.77 bits per heavy atom. The molecule has 0 unspecified atom stereocenters. The number of halogens is 2. The topological polar surface area (TPSA) is 30.0 Å². The second-order valence-electron chi connectivity index (χ2n) is 2.47. The molecule has 0 aromatic carbocycles. The third-order valence-corrected chi connectivity index (χ3v) is 1.88. The van der Waals surface area contributed by atoms with Crippen LogP contribution < -0.4 is 0 Å². The maximum atomic E-state index is 10.6. The normalized spacial score (nSPS) is 10.7. The van der Waals surface area contributed by atoms with E-state index in [1.165, 1.54) is 25.3 Å². The average Bonchev–Trinajstić information content (AvgIpc) is 2.02. The highest BCUT2D eigenvalue weighted by Crippen LogP contribution is 2.19. The van der Waals surface area contributed by atoms with Gasteiger partial charge in [-0.05, 0) is 25.1 Å². The largest absolute Gasteiger partial charge is 0.295 e. The van der Waals surface area contributed by atoms with Gasteiger partial charge in [0, 0.05) is 11.8 Å². The highest BCUT2D eigenvalue weighted by Gasteiger charge is 1.98. The number of ketones is 1. The third-order valence-electron chi connectivity index (χ3n) is 1.35. The van der Waals surface area contributed by atoms with Gasteiger partial charge in [-0.2, -0.15) is 0 Å². The number of carbonyl (C=O) groups excluding carboxylic acids is 1. The fraction of sp³-hybridized carbons (Fsp3) is 0.111. The highest BCUT2D eigenvalue weighted by molar-refractivity contribution is 6.34. The molecule has 0 N–H and O–H groups in total. The summed E-state index contributed by atoms with van der Waals surface area (Å²) >= 11 is 11.4. The Bertz CT molecular complexity index is 361. The summed E-state index contributed by atoms with van der Waals surface area (Å²) in [5.41, 5.74) is 0.682. The molecule has 0 spiro atoms. The monoisotopic (exact) mass is 215 g/mol. The number of pyridine rings is 1. The molecule has 0 atom stereocenters. The van der Waals surface area contributed by atoms with E-state index in [0.29, 0.717) is 15.7 Å². The lowest BCUT2D eigenvalue weighted by atomic mass is 10.2. The summed E-state index contributed by atoms with van der Waals surface area (Å²) in [4.78, 5) is 14.5. The molecule has 0 aliphatic heterocycles. The number of carbonyl (C=O) groups is 1. The van der Waals surface area contributed by atoms with Crippen LogP contribution in [0.5, 0.6) is 0 Å². The Morgan fingerprint density at radius 2 is 2.23 bits per heavy atom. The van der Waals surface area contributed by atoms with Crippen molar-refractivity contribution in [1.29, 1.82) is 0 Å². The van der Waals surface area contributed by atoms with Gasteiger partial charge in [-0.1, -0.05) is 23.2 Å². The molecule has 1 aromatic rings. The third kappa shape index (κ3) is 3.17. The van der Waals surface area contributed by atoms with Crippen LogP contribution in [-0.4, -0.2) is 10.8 Å². The zero-order chi connectivity index (χ0) is 9.84. The van der Waals surface area contributed by atoms with Crippen LogP contribution in [0.1, 0.15) is 12.5 Å². The second kappa shape index (κ2) is 4.40. The average molecular weight is 216 g/mol. The van der Waals surface area contributed by atoms with Gasteiger partial charge in [-0.15, -0.1) is 0 Å². The molecular formula is C9H7Cl2NO. The molecule has 0 fully saturated rings. The van der Waals surface area contributed by atoms with Crippen LogP contribution in [0.3, 0.4) is 0 Å². The zero-order valence-electron chi connectivity index (χ0n) is 6.92. The van der Waals surface area contributed by atoms with E-state index >= 15 is 0 Å². The smallest absolute Gasteiger partial charge is 0.152 e. The summed E-state index contributed by atoms with van der Waals surface area (Å²) in [6.45, 7) is 1.47. The van der Waals surface area contributed by atoms with Crippen LogP contribution in [0, 0.1) is 0 Å². The Balaban J connectivity index is 2.96. The van der Waals surface area contributed by atoms with Crippen LogP contribution in [0.25, 0.3) is 6.08 Å². The molecule has 2 nitrogen and oxygen atoms in total. The van der Waals surface area contributed by atoms with Gasteiger partial charge in [0.2, 0.25) is 0 Å². The molecule has 0 saturated carbocycles. The summed E-state index contributed by atoms with van der Waals surface area (Å²) in [6.07, 6.45) is 4.55. The Labute approximate surface area is 86.2 Å². The van der Waals surface area contributed by atoms with Gasteiger partial charge in [-0.3, -0.25) is 4.79 Å². The maximum Gasteiger partial charge on any atom is 0.152 e. The van der Waals surface area contributed by atoms with Crippen molar-refractivity contribution in [2.45, 2.75) is 6.92 Å². The molecule has 1 rings (SSSR count). The molecule has 13 heavy (non-hydrogen) atoms. The minimum atomic E-state index is -0.0361. The summed E-state index contributed by atoms with van der Waals surface area (Å²) in [5.74, 6) is -0.0361. The number of aromatic nitrogens is 1. The van der Waals surface area contributed by atoms with Gasteiger partial charge in [0.05, 0.1) is 5.02 Å². The van der Waals surface area contributed by atoms with Gasteiger partial charge in [-0.25, -0.2) is 4.98 Å². The Hall–Kier alpha value is -0.860. The minimum absolute atomic E-state index is 0.0361. The van der Waals surface area contributed by atoms with E-state index < -0.39 is 0 Å². The quantitative estimate of drug-likeness (QED) is 0.561. The van der Waals surface area contributed by atoms with E-state index in [2.05, 4.69) is 4.98 Å². The molecule has 1 heterocycles. The fourth-order valence-corrected chi connectivity index (χ4v) is 1.18. The number of allylic oxidation sites excluding steroid dienone is 1. The van der Waals surface area contributed by atoms with Gasteiger partial charge < -0.3 is 0 Å². The Morgan fingerprint density at radius 1 is 1.54 bits per heavy atom. The molecule has 1 aromatic heterocycles. The molecule has 0 saturated heterocycles. The van der Waals surface area contributed by atoms with Crippen molar-refractivity contribution in [2.24, 2.45) is 0 Å². The lowest BCUT2D eigenvalue weighted by Crippen LogP contribution is -1.83. The lowest BCUT2D eigenvalue weighted by Gasteiger charge is -1.96. The van der Waals surface area contributed by atoms with Crippen LogP contribution >= 0.6 is 23.2 Å². The van der Waals surface area contributed by atoms with Gasteiger partial charge >= 0.3 is 0 Å². The van der Waals surface area contributed by atoms with E-state index in [4.69, 9.17) is 23.2 Å². The molecule has 0 radical (unpaired) electrons. The molecule has 4 heteroatoms. The maximum absolute atomic E-state index is 10.6. The molecule has 0 aliphatic carbocycles. The number of rotatable bonds is 2. The van der Waals surface area contributed by atoms with Crippen molar-refractivity contribution in [3.8, 4) is 0 Å². The molecule has 0 amide bonds. The predicted molar refractivity (Wildman–Crippen MR) is 54.0 cm³/mol. The first-order valence-corrected chi connectivity index (χ1v) is 4.35. The SMILES string of the molecule is CC(=O)/C=C/c1cnc(Cl)cc1Cl. The second-order valence-corrected chi connectivity index (χ2v) is 3.27. The zero-order valence-corrected chi connectivity index (χ0v) is 8.43. The van der Waals surface area contributed by atoms with Crippen LogP contribution in [-0.2, 0) is 4.79 Å². The van der Waals surface area contributed by atoms with Crippen LogP contribution in [0.2, 0.25) is 10.2 Å². The molecular weight excluding hydrogens is 209 g/mol. The van der Waals surface area contributed by atoms with Gasteiger partial charge in [0.1, 0.15) is 5.15 Å². The summed E-state index contributed by atoms with van der Waals surface area (Å²) in [5, 5.41) is 0.822. The van der Waals surface area contributed by atoms with Crippen molar-refractivity contribution in [1.82, 2.24) is 4.98 Å². The van der Waals surface area contributed by atoms with Gasteiger partial charge in [0.25, 0.3) is 0 Å². The van der Waals surface area contributed by atoms with Gasteiger partial charge in [0.15, 0.2) is 5.78 Å². The van der Waals surface area contributed by atoms with Crippen LogP contribution in [0.15, 0.2) is 18.3 Å². The van der Waals surface area contributed by atoms with E-state index in [-0.39, 0.29) is 5.78 Å². The van der Waals surface area contributed by atoms with Crippen molar-refractivity contribution in [2.75, 3.05) is 0 Å². The lowest BCUT2D eigenvalue weighted by molar-refractivity contribution is -0.112. The predicted octanol–water partition coefficient (Wildman–Crippen LogP) is 2.99. The molecule has 0 bridgehead atoms. The number of hydrogen-bond acceptors (Lipinski definition) is 2. The summed E-state index contributed by atoms with van der Waals surface area (Å²) < 4.78 is 0. The van der Waals surface area contributed by atoms with E-state index in [1.807, 2.05) is 0 Å². The van der Waals surface area contributed by atoms with E-state index in [9.17, 15) is 4.79 Å². The highest BCUT2D eigenvalue weighted by atomic mass is 35.5. The molecule has 68 valence electrons. The standard InChI is InChI=1S/C9H7Cl2NO/c1-6(13)2-3-7-5-12-9(11)4-8(7)10/h2-5H,1H3/b3-2+. The van der Waals surface area contributed by atoms with Crippen molar-refractivity contribution < 1.29 is 4.79 Å². The number of nitrogens with zero attached hydrogens (tertiary/aromatic N) is 1. The first-order chi connectivity index (χ1) is 6.09. The van der Waals surface area contributed by atoms with Crippen molar-refractivity contribution in [3.05, 3.63) is 34.1 Å². The summed E-state index contributed by atoms with van der Waals surface area (Å²) in [6, 6.07) is 1.53. The molecule has 0 aliphatic rings. The first kappa shape index (κ1) is 10.2. The fourth-order valence-electron chi connectivity index (χ4n) is 0.748. The summed E-state index contributed by atoms with van der Waals surface area (Å²) in [7, 11) is 0. The Kier molecular flexibility index (Phi) is 3.46. The van der Waals surface area contributed by atoms with Crippen molar-refractivity contribution in [3.63, 3.8) is 0 Å². The first-order valence-electron chi connectivity index (χ1n) is 3.59. The van der Waals surface area contributed by atoms with Crippen molar-refractivity contribution >= 4 is 35.1 Å². The number of hydrogen-bond donors (Lipinski definition) is 0.